The average Bonchev–Trinajstić information content (AvgIpc) is 2.95. The second-order valence-corrected chi connectivity index (χ2v) is 6.36. The van der Waals surface area contributed by atoms with Gasteiger partial charge < -0.3 is 17.0 Å². The van der Waals surface area contributed by atoms with E-state index >= 15 is 0 Å². The summed E-state index contributed by atoms with van der Waals surface area (Å²) in [6.45, 7) is 5.24. The van der Waals surface area contributed by atoms with Gasteiger partial charge in [-0.2, -0.15) is 4.57 Å². The minimum absolute atomic E-state index is 0. The molecule has 0 saturated carbocycles. The van der Waals surface area contributed by atoms with Crippen LogP contribution in [0.2, 0.25) is 0 Å². The molecule has 0 aliphatic carbocycles. The first-order valence-corrected chi connectivity index (χ1v) is 8.33. The first-order valence-electron chi connectivity index (χ1n) is 8.33. The zero-order valence-corrected chi connectivity index (χ0v) is 16.1. The average molecular weight is 393 g/mol. The van der Waals surface area contributed by atoms with Crippen LogP contribution in [-0.4, -0.2) is 4.57 Å². The Balaban J connectivity index is 0.00000182. The number of hydrogen-bond acceptors (Lipinski definition) is 0. The highest BCUT2D eigenvalue weighted by Gasteiger charge is 2.18. The van der Waals surface area contributed by atoms with E-state index in [9.17, 15) is 0 Å². The number of aromatic nitrogens is 2. The predicted octanol–water partition coefficient (Wildman–Crippen LogP) is 1.59. The SMILES string of the molecule is Cc1cc2c(cc1C)[n+](Cc1ccccc1)cn2-c1ccccc1.[Br-]. The molecule has 0 N–H and O–H groups in total. The number of imidazole rings is 1. The standard InChI is InChI=1S/C22H21N2.BrH/c1-17-13-21-22(14-18(17)2)24(20-11-7-4-8-12-20)16-23(21)15-19-9-5-3-6-10-19;/h3-14,16H,15H2,1-2H3;1H/q+1;/p-1. The van der Waals surface area contributed by atoms with Crippen LogP contribution in [0.15, 0.2) is 79.1 Å². The summed E-state index contributed by atoms with van der Waals surface area (Å²) < 4.78 is 4.62. The molecule has 1 aromatic heterocycles. The molecule has 0 saturated heterocycles. The largest absolute Gasteiger partial charge is 1.00 e. The number of fused-ring (bicyclic) bond motifs is 1. The van der Waals surface area contributed by atoms with E-state index in [1.807, 2.05) is 0 Å². The van der Waals surface area contributed by atoms with Crippen LogP contribution >= 0.6 is 0 Å². The lowest BCUT2D eigenvalue weighted by Gasteiger charge is -2.01. The van der Waals surface area contributed by atoms with Crippen LogP contribution in [0.4, 0.5) is 0 Å². The van der Waals surface area contributed by atoms with Crippen molar-refractivity contribution >= 4 is 11.0 Å². The lowest BCUT2D eigenvalue weighted by Crippen LogP contribution is -3.00. The van der Waals surface area contributed by atoms with Gasteiger partial charge in [0.15, 0.2) is 11.0 Å². The van der Waals surface area contributed by atoms with E-state index in [0.717, 1.165) is 6.54 Å². The molecule has 0 fully saturated rings. The zero-order chi connectivity index (χ0) is 16.5. The molecule has 0 spiro atoms. The molecule has 0 aliphatic rings. The van der Waals surface area contributed by atoms with Crippen molar-refractivity contribution in [3.8, 4) is 5.69 Å². The van der Waals surface area contributed by atoms with Crippen molar-refractivity contribution in [2.24, 2.45) is 0 Å². The minimum Gasteiger partial charge on any atom is -1.00 e. The maximum atomic E-state index is 2.34. The molecule has 3 heteroatoms. The molecule has 0 radical (unpaired) electrons. The number of nitrogens with zero attached hydrogens (tertiary/aromatic N) is 2. The molecule has 4 aromatic rings. The maximum Gasteiger partial charge on any atom is 0.250 e. The Bertz CT molecular complexity index is 989. The minimum atomic E-state index is 0. The van der Waals surface area contributed by atoms with Crippen LogP contribution < -0.4 is 21.5 Å². The van der Waals surface area contributed by atoms with Crippen LogP contribution in [0.1, 0.15) is 16.7 Å². The predicted molar refractivity (Wildman–Crippen MR) is 98.5 cm³/mol. The molecular formula is C22H21BrN2. The third-order valence-electron chi connectivity index (χ3n) is 4.64. The van der Waals surface area contributed by atoms with E-state index in [1.165, 1.54) is 33.4 Å². The third kappa shape index (κ3) is 3.38. The molecule has 2 nitrogen and oxygen atoms in total. The van der Waals surface area contributed by atoms with Gasteiger partial charge in [0.1, 0.15) is 12.2 Å². The van der Waals surface area contributed by atoms with Crippen LogP contribution in [0.25, 0.3) is 16.7 Å². The van der Waals surface area contributed by atoms with Gasteiger partial charge in [-0.1, -0.05) is 48.5 Å². The monoisotopic (exact) mass is 392 g/mol. The summed E-state index contributed by atoms with van der Waals surface area (Å²) in [4.78, 5) is 0. The van der Waals surface area contributed by atoms with E-state index in [-0.39, 0.29) is 17.0 Å². The van der Waals surface area contributed by atoms with Crippen molar-refractivity contribution in [3.63, 3.8) is 0 Å². The topological polar surface area (TPSA) is 8.81 Å². The summed E-state index contributed by atoms with van der Waals surface area (Å²) in [6.07, 6.45) is 2.21. The van der Waals surface area contributed by atoms with Crippen LogP contribution in [0, 0.1) is 13.8 Å². The number of aryl methyl sites for hydroxylation is 2. The van der Waals surface area contributed by atoms with Crippen LogP contribution in [0.3, 0.4) is 0 Å². The van der Waals surface area contributed by atoms with E-state index in [0.29, 0.717) is 0 Å². The quantitative estimate of drug-likeness (QED) is 0.468. The molecule has 0 amide bonds. The fourth-order valence-electron chi connectivity index (χ4n) is 3.17. The molecule has 126 valence electrons. The van der Waals surface area contributed by atoms with Crippen molar-refractivity contribution in [2.75, 3.05) is 0 Å². The maximum absolute atomic E-state index is 2.34. The van der Waals surface area contributed by atoms with Gasteiger partial charge in [-0.05, 0) is 54.8 Å². The lowest BCUT2D eigenvalue weighted by atomic mass is 10.1. The summed E-state index contributed by atoms with van der Waals surface area (Å²) in [6, 6.07) is 25.8. The third-order valence-corrected chi connectivity index (χ3v) is 4.64. The van der Waals surface area contributed by atoms with Gasteiger partial charge in [-0.3, -0.25) is 0 Å². The first kappa shape index (κ1) is 17.4. The van der Waals surface area contributed by atoms with Crippen molar-refractivity contribution in [3.05, 3.63) is 95.8 Å². The fourth-order valence-corrected chi connectivity index (χ4v) is 3.17. The van der Waals surface area contributed by atoms with Gasteiger partial charge in [-0.25, -0.2) is 4.57 Å². The highest BCUT2D eigenvalue weighted by atomic mass is 79.9. The van der Waals surface area contributed by atoms with Gasteiger partial charge in [0.2, 0.25) is 6.33 Å². The summed E-state index contributed by atoms with van der Waals surface area (Å²) >= 11 is 0. The zero-order valence-electron chi connectivity index (χ0n) is 14.5. The number of rotatable bonds is 3. The second-order valence-electron chi connectivity index (χ2n) is 6.36. The number of halogens is 1. The van der Waals surface area contributed by atoms with E-state index in [4.69, 9.17) is 0 Å². The van der Waals surface area contributed by atoms with E-state index in [1.54, 1.807) is 0 Å². The highest BCUT2D eigenvalue weighted by molar-refractivity contribution is 5.76. The van der Waals surface area contributed by atoms with Crippen LogP contribution in [-0.2, 0) is 6.54 Å². The molecule has 25 heavy (non-hydrogen) atoms. The molecule has 0 atom stereocenters. The molecule has 0 aliphatic heterocycles. The molecule has 1 heterocycles. The second kappa shape index (κ2) is 7.24. The molecule has 0 bridgehead atoms. The van der Waals surface area contributed by atoms with Crippen LogP contribution in [0.5, 0.6) is 0 Å². The van der Waals surface area contributed by atoms with Gasteiger partial charge in [0.05, 0.1) is 0 Å². The number of benzene rings is 3. The van der Waals surface area contributed by atoms with Crippen molar-refractivity contribution in [1.29, 1.82) is 0 Å². The molecule has 0 unspecified atom stereocenters. The van der Waals surface area contributed by atoms with Gasteiger partial charge >= 0.3 is 0 Å². The smallest absolute Gasteiger partial charge is 0.250 e. The Kier molecular flexibility index (Phi) is 5.05. The summed E-state index contributed by atoms with van der Waals surface area (Å²) in [5, 5.41) is 0. The fraction of sp³-hybridized carbons (Fsp3) is 0.136. The normalized spacial score (nSPS) is 10.6. The van der Waals surface area contributed by atoms with Gasteiger partial charge in [0.25, 0.3) is 0 Å². The van der Waals surface area contributed by atoms with Gasteiger partial charge in [-0.15, -0.1) is 0 Å². The Labute approximate surface area is 159 Å². The number of para-hydroxylation sites is 1. The Hall–Kier alpha value is -2.39. The Morgan fingerprint density at radius 2 is 1.40 bits per heavy atom. The highest BCUT2D eigenvalue weighted by Crippen LogP contribution is 2.21. The van der Waals surface area contributed by atoms with Crippen molar-refractivity contribution < 1.29 is 21.5 Å². The van der Waals surface area contributed by atoms with E-state index < -0.39 is 0 Å². The van der Waals surface area contributed by atoms with Gasteiger partial charge in [0, 0.05) is 0 Å². The Morgan fingerprint density at radius 1 is 0.800 bits per heavy atom. The first-order chi connectivity index (χ1) is 11.7. The molecule has 3 aromatic carbocycles. The summed E-state index contributed by atoms with van der Waals surface area (Å²) in [5.41, 5.74) is 7.68. The van der Waals surface area contributed by atoms with Crippen molar-refractivity contribution in [1.82, 2.24) is 4.57 Å². The molecule has 4 rings (SSSR count). The van der Waals surface area contributed by atoms with Crippen molar-refractivity contribution in [2.45, 2.75) is 20.4 Å². The summed E-state index contributed by atoms with van der Waals surface area (Å²) in [7, 11) is 0. The van der Waals surface area contributed by atoms with E-state index in [2.05, 4.69) is 102 Å². The summed E-state index contributed by atoms with van der Waals surface area (Å²) in [5.74, 6) is 0. The number of hydrogen-bond donors (Lipinski definition) is 0. The lowest BCUT2D eigenvalue weighted by molar-refractivity contribution is -0.662. The molecular weight excluding hydrogens is 372 g/mol. The Morgan fingerprint density at radius 3 is 2.08 bits per heavy atom.